The lowest BCUT2D eigenvalue weighted by atomic mass is 10.0. The molecule has 196 valence electrons. The van der Waals surface area contributed by atoms with Crippen LogP contribution in [0.15, 0.2) is 36.7 Å². The molecule has 0 saturated carbocycles. The number of carbonyl (C=O) groups is 1. The molecular formula is C25H31F3N4O4. The summed E-state index contributed by atoms with van der Waals surface area (Å²) in [5.74, 6) is -0.104. The number of ether oxygens (including phenoxy) is 3. The van der Waals surface area contributed by atoms with Gasteiger partial charge in [0, 0.05) is 43.4 Å². The van der Waals surface area contributed by atoms with E-state index in [1.54, 1.807) is 6.07 Å². The van der Waals surface area contributed by atoms with Gasteiger partial charge in [0.05, 0.1) is 25.6 Å². The lowest BCUT2D eigenvalue weighted by Crippen LogP contribution is -2.41. The minimum absolute atomic E-state index is 0.00663. The second kappa shape index (κ2) is 11.9. The van der Waals surface area contributed by atoms with E-state index in [4.69, 9.17) is 14.2 Å². The van der Waals surface area contributed by atoms with E-state index >= 15 is 0 Å². The number of alkyl halides is 3. The van der Waals surface area contributed by atoms with Gasteiger partial charge < -0.3 is 24.4 Å². The molecule has 2 fully saturated rings. The molecule has 2 aromatic rings. The Kier molecular flexibility index (Phi) is 8.63. The van der Waals surface area contributed by atoms with Gasteiger partial charge in [0.25, 0.3) is 0 Å². The number of aromatic nitrogens is 2. The fourth-order valence-corrected chi connectivity index (χ4v) is 4.50. The van der Waals surface area contributed by atoms with Gasteiger partial charge in [0.15, 0.2) is 5.75 Å². The van der Waals surface area contributed by atoms with Crippen LogP contribution in [-0.4, -0.2) is 61.4 Å². The molecule has 2 aliphatic heterocycles. The van der Waals surface area contributed by atoms with Gasteiger partial charge in [-0.2, -0.15) is 13.2 Å². The average Bonchev–Trinajstić information content (AvgIpc) is 3.35. The van der Waals surface area contributed by atoms with Crippen molar-refractivity contribution in [3.63, 3.8) is 0 Å². The molecule has 0 bridgehead atoms. The van der Waals surface area contributed by atoms with E-state index in [0.29, 0.717) is 24.9 Å². The van der Waals surface area contributed by atoms with Crippen LogP contribution in [0.1, 0.15) is 32.0 Å². The molecule has 2 saturated heterocycles. The maximum atomic E-state index is 12.7. The average molecular weight is 509 g/mol. The molecule has 3 atom stereocenters. The number of hydrogen-bond acceptors (Lipinski definition) is 7. The second-order valence-corrected chi connectivity index (χ2v) is 9.29. The number of carbonyl (C=O) groups excluding carboxylic acids is 1. The molecule has 1 aromatic carbocycles. The van der Waals surface area contributed by atoms with E-state index in [-0.39, 0.29) is 30.2 Å². The maximum Gasteiger partial charge on any atom is 0.451 e. The normalized spacial score (nSPS) is 21.3. The van der Waals surface area contributed by atoms with Crippen molar-refractivity contribution >= 4 is 11.6 Å². The first-order valence-corrected chi connectivity index (χ1v) is 12.1. The van der Waals surface area contributed by atoms with E-state index in [2.05, 4.69) is 20.2 Å². The molecule has 0 radical (unpaired) electrons. The van der Waals surface area contributed by atoms with Gasteiger partial charge in [-0.1, -0.05) is 6.07 Å². The highest BCUT2D eigenvalue weighted by atomic mass is 19.4. The lowest BCUT2D eigenvalue weighted by molar-refractivity contribution is -0.145. The SMILES string of the molecule is C[C@H](NC(=O)COCC1CCCOC1)C1CCN(c2cccc(Oc3cnc(C(F)(F)F)nc3)c2)C1. The molecular weight excluding hydrogens is 477 g/mol. The number of hydrogen-bond donors (Lipinski definition) is 1. The van der Waals surface area contributed by atoms with Crippen molar-refractivity contribution in [1.29, 1.82) is 0 Å². The van der Waals surface area contributed by atoms with Crippen LogP contribution in [0.3, 0.4) is 0 Å². The smallest absolute Gasteiger partial charge is 0.451 e. The summed E-state index contributed by atoms with van der Waals surface area (Å²) in [5, 5.41) is 3.05. The van der Waals surface area contributed by atoms with Crippen LogP contribution < -0.4 is 15.0 Å². The summed E-state index contributed by atoms with van der Waals surface area (Å²) < 4.78 is 54.6. The first-order valence-electron chi connectivity index (χ1n) is 12.1. The molecule has 0 aliphatic carbocycles. The Hall–Kier alpha value is -2.92. The largest absolute Gasteiger partial charge is 0.454 e. The molecule has 8 nitrogen and oxygen atoms in total. The summed E-state index contributed by atoms with van der Waals surface area (Å²) in [6.45, 7) is 5.66. The summed E-state index contributed by atoms with van der Waals surface area (Å²) in [5.41, 5.74) is 0.930. The number of rotatable bonds is 9. The minimum Gasteiger partial charge on any atom is -0.454 e. The summed E-state index contributed by atoms with van der Waals surface area (Å²) in [6, 6.07) is 7.31. The van der Waals surface area contributed by atoms with Crippen molar-refractivity contribution in [2.45, 2.75) is 38.4 Å². The molecule has 2 aliphatic rings. The molecule has 2 unspecified atom stereocenters. The molecule has 1 aromatic heterocycles. The highest BCUT2D eigenvalue weighted by molar-refractivity contribution is 5.77. The van der Waals surface area contributed by atoms with Crippen LogP contribution in [0.25, 0.3) is 0 Å². The van der Waals surface area contributed by atoms with E-state index in [9.17, 15) is 18.0 Å². The number of halogens is 3. The summed E-state index contributed by atoms with van der Waals surface area (Å²) in [6.07, 6.45) is 0.434. The summed E-state index contributed by atoms with van der Waals surface area (Å²) >= 11 is 0. The highest BCUT2D eigenvalue weighted by Crippen LogP contribution is 2.31. The number of amides is 1. The van der Waals surface area contributed by atoms with Gasteiger partial charge >= 0.3 is 6.18 Å². The van der Waals surface area contributed by atoms with Crippen LogP contribution in [0.5, 0.6) is 11.5 Å². The van der Waals surface area contributed by atoms with Crippen LogP contribution >= 0.6 is 0 Å². The Morgan fingerprint density at radius 2 is 2.06 bits per heavy atom. The van der Waals surface area contributed by atoms with Gasteiger partial charge in [-0.3, -0.25) is 4.79 Å². The van der Waals surface area contributed by atoms with Gasteiger partial charge in [0.1, 0.15) is 12.4 Å². The third-order valence-corrected chi connectivity index (χ3v) is 6.46. The third kappa shape index (κ3) is 7.30. The Labute approximate surface area is 208 Å². The zero-order valence-electron chi connectivity index (χ0n) is 20.2. The van der Waals surface area contributed by atoms with Crippen LogP contribution in [-0.2, 0) is 20.4 Å². The summed E-state index contributed by atoms with van der Waals surface area (Å²) in [7, 11) is 0. The standard InChI is InChI=1S/C25H31F3N4O4/c1-17(31-23(33)16-35-15-18-4-3-9-34-14-18)19-7-8-32(13-19)20-5-2-6-21(10-20)36-22-11-29-24(30-12-22)25(26,27)28/h2,5-6,10-12,17-19H,3-4,7-9,13-16H2,1H3,(H,31,33)/t17-,18?,19?/m0/s1. The van der Waals surface area contributed by atoms with Crippen molar-refractivity contribution in [3.8, 4) is 11.5 Å². The van der Waals surface area contributed by atoms with Gasteiger partial charge in [0.2, 0.25) is 11.7 Å². The fourth-order valence-electron chi connectivity index (χ4n) is 4.50. The van der Waals surface area contributed by atoms with Crippen LogP contribution in [0.2, 0.25) is 0 Å². The second-order valence-electron chi connectivity index (χ2n) is 9.29. The fraction of sp³-hybridized carbons (Fsp3) is 0.560. The Morgan fingerprint density at radius 1 is 1.25 bits per heavy atom. The van der Waals surface area contributed by atoms with Crippen LogP contribution in [0.4, 0.5) is 18.9 Å². The van der Waals surface area contributed by atoms with Crippen molar-refractivity contribution in [2.24, 2.45) is 11.8 Å². The monoisotopic (exact) mass is 508 g/mol. The lowest BCUT2D eigenvalue weighted by Gasteiger charge is -2.24. The van der Waals surface area contributed by atoms with E-state index < -0.39 is 12.0 Å². The van der Waals surface area contributed by atoms with Crippen molar-refractivity contribution in [2.75, 3.05) is 44.4 Å². The van der Waals surface area contributed by atoms with Gasteiger partial charge in [-0.15, -0.1) is 0 Å². The zero-order valence-corrected chi connectivity index (χ0v) is 20.2. The maximum absolute atomic E-state index is 12.7. The molecule has 4 rings (SSSR count). The predicted molar refractivity (Wildman–Crippen MR) is 126 cm³/mol. The number of nitrogens with one attached hydrogen (secondary N) is 1. The first-order chi connectivity index (χ1) is 17.3. The van der Waals surface area contributed by atoms with Gasteiger partial charge in [-0.05, 0) is 44.2 Å². The third-order valence-electron chi connectivity index (χ3n) is 6.46. The molecule has 36 heavy (non-hydrogen) atoms. The Balaban J connectivity index is 1.24. The molecule has 1 N–H and O–H groups in total. The first kappa shape index (κ1) is 26.2. The van der Waals surface area contributed by atoms with Crippen molar-refractivity contribution in [1.82, 2.24) is 15.3 Å². The van der Waals surface area contributed by atoms with E-state index in [0.717, 1.165) is 57.0 Å². The highest BCUT2D eigenvalue weighted by Gasteiger charge is 2.34. The molecule has 11 heteroatoms. The Morgan fingerprint density at radius 3 is 2.78 bits per heavy atom. The molecule has 1 amide bonds. The minimum atomic E-state index is -4.60. The Bertz CT molecular complexity index is 1000. The predicted octanol–water partition coefficient (Wildman–Crippen LogP) is 4.06. The topological polar surface area (TPSA) is 85.8 Å². The number of anilines is 1. The van der Waals surface area contributed by atoms with Gasteiger partial charge in [-0.25, -0.2) is 9.97 Å². The quantitative estimate of drug-likeness (QED) is 0.547. The number of nitrogens with zero attached hydrogens (tertiary/aromatic N) is 3. The molecule has 0 spiro atoms. The zero-order chi connectivity index (χ0) is 25.5. The van der Waals surface area contributed by atoms with E-state index in [1.807, 2.05) is 25.1 Å². The van der Waals surface area contributed by atoms with Crippen LogP contribution in [0, 0.1) is 11.8 Å². The summed E-state index contributed by atoms with van der Waals surface area (Å²) in [4.78, 5) is 21.2. The molecule has 3 heterocycles. The number of benzene rings is 1. The van der Waals surface area contributed by atoms with Crippen molar-refractivity contribution < 1.29 is 32.2 Å². The van der Waals surface area contributed by atoms with Crippen molar-refractivity contribution in [3.05, 3.63) is 42.5 Å². The van der Waals surface area contributed by atoms with E-state index in [1.165, 1.54) is 0 Å².